The number of carbonyl (C=O) groups excluding carboxylic acids is 6. The Balaban J connectivity index is 0.785. The van der Waals surface area contributed by atoms with Crippen molar-refractivity contribution in [2.45, 2.75) is 112 Å². The topological polar surface area (TPSA) is 235 Å². The first-order valence-electron chi connectivity index (χ1n) is 27.2. The number of ketones is 2. The minimum Gasteiger partial charge on any atom is -0.480 e. The Morgan fingerprint density at radius 1 is 0.886 bits per heavy atom. The summed E-state index contributed by atoms with van der Waals surface area (Å²) in [5.41, 5.74) is 7.58. The summed E-state index contributed by atoms with van der Waals surface area (Å²) in [5, 5.41) is 27.5. The minimum atomic E-state index is -1.10. The van der Waals surface area contributed by atoms with Crippen molar-refractivity contribution < 1.29 is 52.9 Å². The van der Waals surface area contributed by atoms with Crippen molar-refractivity contribution in [3.05, 3.63) is 109 Å². The smallest absolute Gasteiger partial charge is 0.415 e. The van der Waals surface area contributed by atoms with Gasteiger partial charge in [0, 0.05) is 86.3 Å². The van der Waals surface area contributed by atoms with E-state index in [1.54, 1.807) is 59.9 Å². The van der Waals surface area contributed by atoms with E-state index in [1.807, 2.05) is 6.07 Å². The Morgan fingerprint density at radius 3 is 2.41 bits per heavy atom. The van der Waals surface area contributed by atoms with Gasteiger partial charge in [-0.15, -0.1) is 11.3 Å². The van der Waals surface area contributed by atoms with E-state index in [1.165, 1.54) is 59.4 Å². The number of likely N-dealkylation sites (N-methyl/N-ethyl adjacent to an activating group) is 1. The maximum Gasteiger partial charge on any atom is 0.415 e. The van der Waals surface area contributed by atoms with Gasteiger partial charge in [0.05, 0.1) is 36.6 Å². The molecular formula is C61H72N6O11S. The molecule has 1 aromatic heterocycles. The largest absolute Gasteiger partial charge is 0.480 e. The lowest BCUT2D eigenvalue weighted by atomic mass is 9.71. The molecule has 4 aliphatic carbocycles. The van der Waals surface area contributed by atoms with Crippen molar-refractivity contribution in [3.63, 3.8) is 0 Å². The molecule has 0 aliphatic heterocycles. The second-order valence-electron chi connectivity index (χ2n) is 21.2. The molecule has 418 valence electrons. The van der Waals surface area contributed by atoms with Crippen LogP contribution in [-0.4, -0.2) is 127 Å². The number of aryl methyl sites for hydroxylation is 1. The summed E-state index contributed by atoms with van der Waals surface area (Å²) in [7, 11) is 1.60. The number of fused-ring (bicyclic) bond motifs is 5. The number of hydrogen-bond donors (Lipinski definition) is 3. The normalized spacial score (nSPS) is 15.5. The molecule has 2 atom stereocenters. The molecule has 0 bridgehead atoms. The third-order valence-electron chi connectivity index (χ3n) is 15.2. The third kappa shape index (κ3) is 14.9. The van der Waals surface area contributed by atoms with Crippen LogP contribution in [0.3, 0.4) is 0 Å². The van der Waals surface area contributed by atoms with E-state index in [0.717, 1.165) is 19.3 Å². The summed E-state index contributed by atoms with van der Waals surface area (Å²) in [4.78, 5) is 98.1. The number of thiazole rings is 1. The van der Waals surface area contributed by atoms with Gasteiger partial charge in [0.2, 0.25) is 17.7 Å². The molecule has 0 saturated heterocycles. The second-order valence-corrected chi connectivity index (χ2v) is 22.3. The second kappa shape index (κ2) is 27.0. The van der Waals surface area contributed by atoms with Gasteiger partial charge in [0.25, 0.3) is 0 Å². The van der Waals surface area contributed by atoms with E-state index in [9.17, 15) is 43.9 Å². The highest BCUT2D eigenvalue weighted by Gasteiger charge is 2.39. The van der Waals surface area contributed by atoms with Gasteiger partial charge in [-0.1, -0.05) is 63.3 Å². The Bertz CT molecular complexity index is 3240. The number of aliphatic carboxylic acids is 1. The van der Waals surface area contributed by atoms with Crippen LogP contribution in [0.1, 0.15) is 115 Å². The zero-order valence-electron chi connectivity index (χ0n) is 46.4. The SMILES string of the molecule is CC1=C(C)C(=O)C(C(C)(C)CC(=O)N(C)CCN(CCOCCOCCC(=O)NCCCC[C@@H](NC(=O)CCC(C)C2=C3CC=c4c5c(ccc4=C3C=C2)CCC=C5)C(=O)O)C(=O)Oc2ccc3nc(C#N)sc3c2)=C(C)C1=O. The predicted molar refractivity (Wildman–Crippen MR) is 302 cm³/mol. The number of nitriles is 1. The average molecular weight is 1100 g/mol. The van der Waals surface area contributed by atoms with Gasteiger partial charge in [-0.3, -0.25) is 24.0 Å². The van der Waals surface area contributed by atoms with E-state index >= 15 is 0 Å². The molecule has 0 fully saturated rings. The Hall–Kier alpha value is -7.33. The summed E-state index contributed by atoms with van der Waals surface area (Å²) in [5.74, 6) is -2.00. The molecule has 18 heteroatoms. The summed E-state index contributed by atoms with van der Waals surface area (Å²) in [6, 6.07) is 10.3. The molecule has 1 unspecified atom stereocenters. The number of carbonyl (C=O) groups is 7. The number of rotatable bonds is 27. The summed E-state index contributed by atoms with van der Waals surface area (Å²) in [6.07, 6.45) is 15.5. The summed E-state index contributed by atoms with van der Waals surface area (Å²) >= 11 is 1.17. The number of carboxylic acid groups (broad SMARTS) is 1. The van der Waals surface area contributed by atoms with Gasteiger partial charge < -0.3 is 39.8 Å². The fraction of sp³-hybridized carbons (Fsp3) is 0.459. The molecule has 7 rings (SSSR count). The molecule has 4 aliphatic rings. The minimum absolute atomic E-state index is 0.0538. The van der Waals surface area contributed by atoms with Gasteiger partial charge in [0.15, 0.2) is 16.6 Å². The van der Waals surface area contributed by atoms with Gasteiger partial charge in [-0.05, 0) is 122 Å². The van der Waals surface area contributed by atoms with E-state index in [4.69, 9.17) is 14.2 Å². The number of Topliss-reactive ketones (excluding diaryl/α,β-unsaturated/α-hetero) is 2. The van der Waals surface area contributed by atoms with Crippen LogP contribution in [0.2, 0.25) is 0 Å². The van der Waals surface area contributed by atoms with Crippen molar-refractivity contribution in [1.82, 2.24) is 25.4 Å². The van der Waals surface area contributed by atoms with E-state index in [-0.39, 0.29) is 118 Å². The first kappa shape index (κ1) is 59.3. The number of nitrogens with one attached hydrogen (secondary N) is 2. The number of amides is 4. The molecule has 79 heavy (non-hydrogen) atoms. The Kier molecular flexibility index (Phi) is 20.3. The van der Waals surface area contributed by atoms with Crippen molar-refractivity contribution >= 4 is 80.6 Å². The molecule has 0 spiro atoms. The molecule has 17 nitrogen and oxygen atoms in total. The fourth-order valence-electron chi connectivity index (χ4n) is 10.5. The number of benzene rings is 2. The average Bonchev–Trinajstić information content (AvgIpc) is 4.22. The van der Waals surface area contributed by atoms with E-state index in [2.05, 4.69) is 65.1 Å². The zero-order chi connectivity index (χ0) is 57.0. The van der Waals surface area contributed by atoms with Crippen molar-refractivity contribution in [3.8, 4) is 11.8 Å². The highest BCUT2D eigenvalue weighted by atomic mass is 32.1. The zero-order valence-corrected chi connectivity index (χ0v) is 47.2. The molecule has 4 amide bonds. The van der Waals surface area contributed by atoms with Gasteiger partial charge in [-0.25, -0.2) is 14.6 Å². The number of aromatic nitrogens is 1. The van der Waals surface area contributed by atoms with Crippen LogP contribution >= 0.6 is 11.3 Å². The molecule has 3 N–H and O–H groups in total. The summed E-state index contributed by atoms with van der Waals surface area (Å²) in [6.45, 7) is 11.7. The summed E-state index contributed by atoms with van der Waals surface area (Å²) < 4.78 is 17.8. The molecule has 0 saturated carbocycles. The number of hydrogen-bond acceptors (Lipinski definition) is 13. The first-order chi connectivity index (χ1) is 37.8. The third-order valence-corrected chi connectivity index (χ3v) is 16.1. The van der Waals surface area contributed by atoms with Crippen molar-refractivity contribution in [2.24, 2.45) is 11.3 Å². The van der Waals surface area contributed by atoms with Crippen LogP contribution in [-0.2, 0) is 44.7 Å². The fourth-order valence-corrected chi connectivity index (χ4v) is 11.3. The number of unbranched alkanes of at least 4 members (excludes halogenated alkanes) is 1. The van der Waals surface area contributed by atoms with E-state index < -0.39 is 23.5 Å². The van der Waals surface area contributed by atoms with Crippen LogP contribution in [0.25, 0.3) is 27.9 Å². The predicted octanol–water partition coefficient (Wildman–Crippen LogP) is 7.20. The van der Waals surface area contributed by atoms with Crippen molar-refractivity contribution in [1.29, 1.82) is 5.26 Å². The Labute approximate surface area is 465 Å². The van der Waals surface area contributed by atoms with Crippen LogP contribution < -0.4 is 25.8 Å². The lowest BCUT2D eigenvalue weighted by molar-refractivity contribution is -0.142. The number of carboxylic acids is 1. The van der Waals surface area contributed by atoms with Crippen molar-refractivity contribution in [2.75, 3.05) is 59.7 Å². The molecule has 2 aromatic carbocycles. The lowest BCUT2D eigenvalue weighted by Gasteiger charge is -2.33. The molecular weight excluding hydrogens is 1020 g/mol. The van der Waals surface area contributed by atoms with Crippen LogP contribution in [0.15, 0.2) is 82.0 Å². The van der Waals surface area contributed by atoms with Gasteiger partial charge >= 0.3 is 12.1 Å². The van der Waals surface area contributed by atoms with Crippen LogP contribution in [0.5, 0.6) is 5.75 Å². The van der Waals surface area contributed by atoms with Gasteiger partial charge in [-0.2, -0.15) is 5.26 Å². The quantitative estimate of drug-likeness (QED) is 0.0507. The van der Waals surface area contributed by atoms with E-state index in [0.29, 0.717) is 58.3 Å². The Morgan fingerprint density at radius 2 is 1.65 bits per heavy atom. The highest BCUT2D eigenvalue weighted by molar-refractivity contribution is 7.19. The molecule has 1 heterocycles. The first-order valence-corrected chi connectivity index (χ1v) is 28.0. The van der Waals surface area contributed by atoms with Gasteiger partial charge in [0.1, 0.15) is 17.9 Å². The standard InChI is InChI=1S/C61H72N6O11S/c1-37(43-19-20-48-45(43)21-22-46-44-13-9-8-12-41(44)16-18-47(46)48)15-24-53(69)64-50(59(73)74)14-10-11-26-63-52(68)25-30-76-32-33-77-31-29-67(60(75)78-42-17-23-49-51(34-42)79-54(36-62)65-49)28-27-66(7)55(70)35-61(5,6)56-40(4)57(71)38(2)39(3)58(56)72/h9,13,16-20,22-23,34,37,50H,8,10-12,14-15,21,24-33,35H2,1-7H3,(H,63,68)(H,64,69)(H,73,74)/t37?,50-/m1/s1. The monoisotopic (exact) mass is 1100 g/mol. The van der Waals surface area contributed by atoms with Crippen LogP contribution in [0.4, 0.5) is 4.79 Å². The number of ether oxygens (including phenoxy) is 3. The van der Waals surface area contributed by atoms with Crippen LogP contribution in [0, 0.1) is 22.7 Å². The number of nitrogens with zero attached hydrogens (tertiary/aromatic N) is 4. The molecule has 0 radical (unpaired) electrons. The molecule has 3 aromatic rings. The lowest BCUT2D eigenvalue weighted by Crippen LogP contribution is -2.43. The maximum atomic E-state index is 13.6. The number of allylic oxidation sites excluding steroid dienone is 9. The highest BCUT2D eigenvalue weighted by Crippen LogP contribution is 2.40. The maximum absolute atomic E-state index is 13.6.